The number of hydrogen-bond donors (Lipinski definition) is 2. The van der Waals surface area contributed by atoms with Crippen LogP contribution in [0.1, 0.15) is 6.92 Å². The lowest BCUT2D eigenvalue weighted by Crippen LogP contribution is -2.55. The van der Waals surface area contributed by atoms with Gasteiger partial charge in [0.15, 0.2) is 0 Å². The molecule has 9 heteroatoms. The number of halogens is 2. The second-order valence-corrected chi connectivity index (χ2v) is 7.10. The van der Waals surface area contributed by atoms with Crippen LogP contribution in [-0.2, 0) is 14.8 Å². The monoisotopic (exact) mass is 365 g/mol. The van der Waals surface area contributed by atoms with Gasteiger partial charge in [-0.25, -0.2) is 12.8 Å². The number of sulfonamides is 1. The van der Waals surface area contributed by atoms with E-state index in [1.807, 2.05) is 0 Å². The molecule has 1 fully saturated rings. The molecular formula is C11H13BrFN3O3S. The Bertz CT molecular complexity index is 665. The van der Waals surface area contributed by atoms with E-state index in [0.717, 1.165) is 16.4 Å². The van der Waals surface area contributed by atoms with Gasteiger partial charge in [-0.05, 0) is 35.0 Å². The van der Waals surface area contributed by atoms with E-state index in [4.69, 9.17) is 5.73 Å². The molecule has 0 radical (unpaired) electrons. The number of amides is 1. The normalized spacial score (nSPS) is 20.8. The number of rotatable bonds is 2. The van der Waals surface area contributed by atoms with Crippen LogP contribution in [0, 0.1) is 5.82 Å². The van der Waals surface area contributed by atoms with Gasteiger partial charge in [-0.15, -0.1) is 0 Å². The number of carbonyl (C=O) groups is 1. The molecule has 0 saturated carbocycles. The molecule has 1 saturated heterocycles. The lowest BCUT2D eigenvalue weighted by molar-refractivity contribution is -0.126. The van der Waals surface area contributed by atoms with Crippen LogP contribution in [0.2, 0.25) is 0 Å². The Morgan fingerprint density at radius 2 is 2.15 bits per heavy atom. The quantitative estimate of drug-likeness (QED) is 0.753. The number of nitrogens with two attached hydrogens (primary N) is 1. The van der Waals surface area contributed by atoms with Crippen molar-refractivity contribution in [3.63, 3.8) is 0 Å². The molecule has 1 atom stereocenters. The highest BCUT2D eigenvalue weighted by molar-refractivity contribution is 9.10. The summed E-state index contributed by atoms with van der Waals surface area (Å²) in [6.07, 6.45) is 0. The number of benzene rings is 1. The SMILES string of the molecule is CC1C(=O)NCCN1S(=O)(=O)c1cc(Br)c(F)cc1N. The zero-order valence-corrected chi connectivity index (χ0v) is 13.0. The molecule has 1 heterocycles. The van der Waals surface area contributed by atoms with E-state index >= 15 is 0 Å². The zero-order valence-electron chi connectivity index (χ0n) is 10.6. The van der Waals surface area contributed by atoms with Gasteiger partial charge < -0.3 is 11.1 Å². The lowest BCUT2D eigenvalue weighted by atomic mass is 10.2. The van der Waals surface area contributed by atoms with Crippen LogP contribution >= 0.6 is 15.9 Å². The predicted molar refractivity (Wildman–Crippen MR) is 74.9 cm³/mol. The summed E-state index contributed by atoms with van der Waals surface area (Å²) < 4.78 is 39.5. The van der Waals surface area contributed by atoms with E-state index in [-0.39, 0.29) is 34.1 Å². The van der Waals surface area contributed by atoms with Gasteiger partial charge in [-0.2, -0.15) is 4.31 Å². The van der Waals surface area contributed by atoms with Crippen molar-refractivity contribution in [2.45, 2.75) is 17.9 Å². The van der Waals surface area contributed by atoms with Gasteiger partial charge >= 0.3 is 0 Å². The number of hydrogen-bond acceptors (Lipinski definition) is 4. The average molecular weight is 366 g/mol. The summed E-state index contributed by atoms with van der Waals surface area (Å²) in [5.41, 5.74) is 5.41. The summed E-state index contributed by atoms with van der Waals surface area (Å²) in [7, 11) is -3.96. The molecule has 1 aliphatic rings. The number of nitrogen functional groups attached to an aromatic ring is 1. The Hall–Kier alpha value is -1.19. The first kappa shape index (κ1) is 15.2. The molecule has 0 aromatic heterocycles. The third-order valence-corrected chi connectivity index (χ3v) is 5.72. The van der Waals surface area contributed by atoms with Crippen LogP contribution in [-0.4, -0.2) is 37.8 Å². The highest BCUT2D eigenvalue weighted by Crippen LogP contribution is 2.29. The van der Waals surface area contributed by atoms with Gasteiger partial charge in [0.1, 0.15) is 16.8 Å². The van der Waals surface area contributed by atoms with Crippen molar-refractivity contribution in [3.05, 3.63) is 22.4 Å². The summed E-state index contributed by atoms with van der Waals surface area (Å²) in [5.74, 6) is -1.02. The highest BCUT2D eigenvalue weighted by atomic mass is 79.9. The molecule has 0 bridgehead atoms. The Morgan fingerprint density at radius 1 is 1.50 bits per heavy atom. The first-order valence-corrected chi connectivity index (χ1v) is 8.02. The van der Waals surface area contributed by atoms with Crippen LogP contribution < -0.4 is 11.1 Å². The van der Waals surface area contributed by atoms with Crippen molar-refractivity contribution in [1.82, 2.24) is 9.62 Å². The molecule has 1 aromatic rings. The number of carbonyl (C=O) groups excluding carboxylic acids is 1. The summed E-state index contributed by atoms with van der Waals surface area (Å²) in [5, 5.41) is 2.57. The maximum absolute atomic E-state index is 13.3. The largest absolute Gasteiger partial charge is 0.398 e. The fourth-order valence-electron chi connectivity index (χ4n) is 1.98. The van der Waals surface area contributed by atoms with E-state index in [0.29, 0.717) is 0 Å². The first-order chi connectivity index (χ1) is 9.25. The first-order valence-electron chi connectivity index (χ1n) is 5.79. The van der Waals surface area contributed by atoms with E-state index in [1.54, 1.807) is 0 Å². The molecule has 1 unspecified atom stereocenters. The summed E-state index contributed by atoms with van der Waals surface area (Å²) in [6, 6.07) is 1.21. The minimum Gasteiger partial charge on any atom is -0.398 e. The summed E-state index contributed by atoms with van der Waals surface area (Å²) >= 11 is 2.93. The van der Waals surface area contributed by atoms with Gasteiger partial charge in [0.2, 0.25) is 15.9 Å². The Labute approximate surface area is 124 Å². The topological polar surface area (TPSA) is 92.5 Å². The van der Waals surface area contributed by atoms with Gasteiger partial charge in [0.25, 0.3) is 0 Å². The summed E-state index contributed by atoms with van der Waals surface area (Å²) in [6.45, 7) is 1.86. The standard InChI is InChI=1S/C11H13BrFN3O3S/c1-6-11(17)15-2-3-16(6)20(18,19)10-4-7(12)8(13)5-9(10)14/h4-6H,2-3,14H2,1H3,(H,15,17). The molecule has 0 spiro atoms. The molecule has 20 heavy (non-hydrogen) atoms. The van der Waals surface area contributed by atoms with E-state index < -0.39 is 21.9 Å². The van der Waals surface area contributed by atoms with Gasteiger partial charge in [-0.1, -0.05) is 0 Å². The van der Waals surface area contributed by atoms with Crippen LogP contribution in [0.5, 0.6) is 0 Å². The summed E-state index contributed by atoms with van der Waals surface area (Å²) in [4.78, 5) is 11.4. The van der Waals surface area contributed by atoms with Crippen molar-refractivity contribution in [1.29, 1.82) is 0 Å². The van der Waals surface area contributed by atoms with E-state index in [1.165, 1.54) is 6.92 Å². The second kappa shape index (κ2) is 5.30. The van der Waals surface area contributed by atoms with Crippen molar-refractivity contribution >= 4 is 37.5 Å². The highest BCUT2D eigenvalue weighted by Gasteiger charge is 2.36. The van der Waals surface area contributed by atoms with Crippen LogP contribution in [0.25, 0.3) is 0 Å². The average Bonchev–Trinajstić information content (AvgIpc) is 2.36. The van der Waals surface area contributed by atoms with Crippen molar-refractivity contribution in [2.24, 2.45) is 0 Å². The van der Waals surface area contributed by atoms with E-state index in [2.05, 4.69) is 21.2 Å². The smallest absolute Gasteiger partial charge is 0.245 e. The third-order valence-electron chi connectivity index (χ3n) is 3.08. The molecule has 2 rings (SSSR count). The van der Waals surface area contributed by atoms with Gasteiger partial charge in [0.05, 0.1) is 10.2 Å². The minimum absolute atomic E-state index is 0.000566. The third kappa shape index (κ3) is 2.52. The zero-order chi connectivity index (χ0) is 15.1. The predicted octanol–water partition coefficient (Wildman–Crippen LogP) is 0.679. The fourth-order valence-corrected chi connectivity index (χ4v) is 4.20. The molecule has 1 amide bonds. The van der Waals surface area contributed by atoms with Crippen LogP contribution in [0.4, 0.5) is 10.1 Å². The fraction of sp³-hybridized carbons (Fsp3) is 0.364. The molecular weight excluding hydrogens is 353 g/mol. The molecule has 6 nitrogen and oxygen atoms in total. The van der Waals surface area contributed by atoms with Crippen molar-refractivity contribution in [3.8, 4) is 0 Å². The van der Waals surface area contributed by atoms with Gasteiger partial charge in [-0.3, -0.25) is 4.79 Å². The van der Waals surface area contributed by atoms with E-state index in [9.17, 15) is 17.6 Å². The van der Waals surface area contributed by atoms with Crippen LogP contribution in [0.15, 0.2) is 21.5 Å². The van der Waals surface area contributed by atoms with Crippen molar-refractivity contribution in [2.75, 3.05) is 18.8 Å². The Morgan fingerprint density at radius 3 is 2.80 bits per heavy atom. The number of anilines is 1. The van der Waals surface area contributed by atoms with Gasteiger partial charge in [0, 0.05) is 13.1 Å². The number of piperazine rings is 1. The number of nitrogens with one attached hydrogen (secondary N) is 1. The van der Waals surface area contributed by atoms with Crippen molar-refractivity contribution < 1.29 is 17.6 Å². The maximum Gasteiger partial charge on any atom is 0.245 e. The number of nitrogens with zero attached hydrogens (tertiary/aromatic N) is 1. The minimum atomic E-state index is -3.96. The second-order valence-electron chi connectivity index (χ2n) is 4.39. The van der Waals surface area contributed by atoms with Crippen LogP contribution in [0.3, 0.4) is 0 Å². The Kier molecular flexibility index (Phi) is 4.03. The molecule has 3 N–H and O–H groups in total. The molecule has 0 aliphatic carbocycles. The Balaban J connectivity index is 2.50. The molecule has 1 aliphatic heterocycles. The maximum atomic E-state index is 13.3. The lowest BCUT2D eigenvalue weighted by Gasteiger charge is -2.32. The molecule has 1 aromatic carbocycles. The molecule has 110 valence electrons.